The van der Waals surface area contributed by atoms with Crippen LogP contribution in [0.5, 0.6) is 0 Å². The molecule has 2 rings (SSSR count). The summed E-state index contributed by atoms with van der Waals surface area (Å²) in [6.07, 6.45) is 9.61. The zero-order chi connectivity index (χ0) is 15.3. The Labute approximate surface area is 131 Å². The Bertz CT molecular complexity index is 298. The van der Waals surface area contributed by atoms with E-state index in [0.29, 0.717) is 17.6 Å². The molecule has 0 aromatic carbocycles. The summed E-state index contributed by atoms with van der Waals surface area (Å²) in [5.41, 5.74) is 0.323. The minimum Gasteiger partial charge on any atom is -0.383 e. The van der Waals surface area contributed by atoms with Gasteiger partial charge in [-0.1, -0.05) is 33.1 Å². The predicted molar refractivity (Wildman–Crippen MR) is 89.7 cm³/mol. The minimum absolute atomic E-state index is 0.323. The summed E-state index contributed by atoms with van der Waals surface area (Å²) >= 11 is 0. The molecule has 2 atom stereocenters. The summed E-state index contributed by atoms with van der Waals surface area (Å²) in [5, 5.41) is 3.93. The summed E-state index contributed by atoms with van der Waals surface area (Å²) in [7, 11) is 1.83. The molecule has 1 aliphatic heterocycles. The molecule has 1 N–H and O–H groups in total. The average molecular weight is 296 g/mol. The van der Waals surface area contributed by atoms with Crippen molar-refractivity contribution in [3.05, 3.63) is 0 Å². The van der Waals surface area contributed by atoms with Gasteiger partial charge in [-0.2, -0.15) is 0 Å². The third-order valence-corrected chi connectivity index (χ3v) is 6.17. The van der Waals surface area contributed by atoms with E-state index in [-0.39, 0.29) is 0 Å². The van der Waals surface area contributed by atoms with E-state index in [1.54, 1.807) is 0 Å². The first kappa shape index (κ1) is 17.2. The molecule has 3 nitrogen and oxygen atoms in total. The van der Waals surface area contributed by atoms with Gasteiger partial charge in [0.25, 0.3) is 0 Å². The van der Waals surface area contributed by atoms with E-state index in [1.807, 2.05) is 7.11 Å². The first-order valence-electron chi connectivity index (χ1n) is 9.16. The molecule has 0 bridgehead atoms. The van der Waals surface area contributed by atoms with Crippen LogP contribution < -0.4 is 5.32 Å². The Kier molecular flexibility index (Phi) is 6.51. The molecular weight excluding hydrogens is 260 g/mol. The van der Waals surface area contributed by atoms with E-state index >= 15 is 0 Å². The largest absolute Gasteiger partial charge is 0.383 e. The van der Waals surface area contributed by atoms with Crippen molar-refractivity contribution in [1.29, 1.82) is 0 Å². The highest BCUT2D eigenvalue weighted by Crippen LogP contribution is 2.34. The van der Waals surface area contributed by atoms with E-state index in [4.69, 9.17) is 4.74 Å². The lowest BCUT2D eigenvalue weighted by atomic mass is 9.79. The first-order valence-corrected chi connectivity index (χ1v) is 9.16. The highest BCUT2D eigenvalue weighted by molar-refractivity contribution is 5.01. The smallest absolute Gasteiger partial charge is 0.0615 e. The molecule has 0 amide bonds. The van der Waals surface area contributed by atoms with Crippen LogP contribution in [0.3, 0.4) is 0 Å². The lowest BCUT2D eigenvalue weighted by Gasteiger charge is -2.53. The molecule has 1 saturated heterocycles. The van der Waals surface area contributed by atoms with Gasteiger partial charge in [-0.15, -0.1) is 0 Å². The Hall–Kier alpha value is -0.120. The Morgan fingerprint density at radius 1 is 1.19 bits per heavy atom. The molecule has 1 saturated carbocycles. The molecule has 124 valence electrons. The molecule has 2 fully saturated rings. The lowest BCUT2D eigenvalue weighted by molar-refractivity contribution is -0.0340. The number of piperazine rings is 1. The molecule has 21 heavy (non-hydrogen) atoms. The van der Waals surface area contributed by atoms with Gasteiger partial charge in [-0.25, -0.2) is 0 Å². The van der Waals surface area contributed by atoms with Gasteiger partial charge in [0, 0.05) is 37.8 Å². The minimum atomic E-state index is 0.323. The maximum absolute atomic E-state index is 5.46. The van der Waals surface area contributed by atoms with Crippen LogP contribution in [0.15, 0.2) is 0 Å². The zero-order valence-electron chi connectivity index (χ0n) is 14.7. The molecule has 3 heteroatoms. The maximum Gasteiger partial charge on any atom is 0.0615 e. The van der Waals surface area contributed by atoms with Gasteiger partial charge in [0.1, 0.15) is 0 Å². The second kappa shape index (κ2) is 7.94. The summed E-state index contributed by atoms with van der Waals surface area (Å²) in [5.74, 6) is 0.891. The van der Waals surface area contributed by atoms with Gasteiger partial charge in [0.15, 0.2) is 0 Å². The summed E-state index contributed by atoms with van der Waals surface area (Å²) < 4.78 is 5.46. The molecule has 0 radical (unpaired) electrons. The molecule has 2 aliphatic rings. The van der Waals surface area contributed by atoms with Crippen LogP contribution in [-0.2, 0) is 4.74 Å². The van der Waals surface area contributed by atoms with Gasteiger partial charge < -0.3 is 10.1 Å². The van der Waals surface area contributed by atoms with Crippen LogP contribution in [0.4, 0.5) is 0 Å². The highest BCUT2D eigenvalue weighted by atomic mass is 16.5. The van der Waals surface area contributed by atoms with Gasteiger partial charge in [-0.3, -0.25) is 4.90 Å². The van der Waals surface area contributed by atoms with Crippen molar-refractivity contribution >= 4 is 0 Å². The predicted octanol–water partition coefficient (Wildman–Crippen LogP) is 3.43. The number of methoxy groups -OCH3 is 1. The second-order valence-electron chi connectivity index (χ2n) is 7.27. The van der Waals surface area contributed by atoms with Crippen LogP contribution >= 0.6 is 0 Å². The summed E-state index contributed by atoms with van der Waals surface area (Å²) in [4.78, 5) is 2.77. The zero-order valence-corrected chi connectivity index (χ0v) is 14.7. The fraction of sp³-hybridized carbons (Fsp3) is 1.00. The van der Waals surface area contributed by atoms with Crippen LogP contribution in [0.2, 0.25) is 0 Å². The Balaban J connectivity index is 2.08. The molecule has 0 spiro atoms. The third-order valence-electron chi connectivity index (χ3n) is 6.17. The number of ether oxygens (including phenoxy) is 1. The molecule has 0 aromatic rings. The molecule has 1 heterocycles. The molecule has 0 aromatic heterocycles. The van der Waals surface area contributed by atoms with Gasteiger partial charge in [0.2, 0.25) is 0 Å². The third kappa shape index (κ3) is 3.80. The van der Waals surface area contributed by atoms with E-state index < -0.39 is 0 Å². The lowest BCUT2D eigenvalue weighted by Crippen LogP contribution is -2.68. The van der Waals surface area contributed by atoms with Crippen molar-refractivity contribution in [2.45, 2.75) is 83.3 Å². The number of nitrogens with zero attached hydrogens (tertiary/aromatic N) is 1. The van der Waals surface area contributed by atoms with Crippen molar-refractivity contribution in [3.63, 3.8) is 0 Å². The van der Waals surface area contributed by atoms with E-state index in [1.165, 1.54) is 51.5 Å². The van der Waals surface area contributed by atoms with Gasteiger partial charge in [0.05, 0.1) is 6.61 Å². The monoisotopic (exact) mass is 296 g/mol. The van der Waals surface area contributed by atoms with Crippen molar-refractivity contribution in [1.82, 2.24) is 10.2 Å². The first-order chi connectivity index (χ1) is 10.2. The SMILES string of the molecule is CCC1(CC)CNC(C2CCCCC2)CN1C(C)COC. The van der Waals surface area contributed by atoms with E-state index in [0.717, 1.165) is 19.1 Å². The summed E-state index contributed by atoms with van der Waals surface area (Å²) in [6.45, 7) is 10.2. The van der Waals surface area contributed by atoms with E-state index in [2.05, 4.69) is 31.0 Å². The average Bonchev–Trinajstić information content (AvgIpc) is 2.55. The van der Waals surface area contributed by atoms with E-state index in [9.17, 15) is 0 Å². The number of rotatable bonds is 6. The van der Waals surface area contributed by atoms with Crippen molar-refractivity contribution in [3.8, 4) is 0 Å². The van der Waals surface area contributed by atoms with Crippen molar-refractivity contribution in [2.75, 3.05) is 26.8 Å². The summed E-state index contributed by atoms with van der Waals surface area (Å²) in [6, 6.07) is 1.21. The Morgan fingerprint density at radius 2 is 1.86 bits per heavy atom. The standard InChI is InChI=1S/C18H36N2O/c1-5-18(6-2)14-19-17(16-10-8-7-9-11-16)12-20(18)15(3)13-21-4/h15-17,19H,5-14H2,1-4H3. The number of hydrogen-bond donors (Lipinski definition) is 1. The molecular formula is C18H36N2O. The fourth-order valence-electron chi connectivity index (χ4n) is 4.63. The number of nitrogens with one attached hydrogen (secondary N) is 1. The fourth-order valence-corrected chi connectivity index (χ4v) is 4.63. The van der Waals surface area contributed by atoms with Gasteiger partial charge in [-0.05, 0) is 38.5 Å². The van der Waals surface area contributed by atoms with Crippen molar-refractivity contribution in [2.24, 2.45) is 5.92 Å². The van der Waals surface area contributed by atoms with Crippen LogP contribution in [0.25, 0.3) is 0 Å². The number of hydrogen-bond acceptors (Lipinski definition) is 3. The highest BCUT2D eigenvalue weighted by Gasteiger charge is 2.42. The van der Waals surface area contributed by atoms with Gasteiger partial charge >= 0.3 is 0 Å². The molecule has 2 unspecified atom stereocenters. The Morgan fingerprint density at radius 3 is 2.43 bits per heavy atom. The van der Waals surface area contributed by atoms with Crippen LogP contribution in [0.1, 0.15) is 65.7 Å². The second-order valence-corrected chi connectivity index (χ2v) is 7.27. The quantitative estimate of drug-likeness (QED) is 0.812. The topological polar surface area (TPSA) is 24.5 Å². The maximum atomic E-state index is 5.46. The molecule has 1 aliphatic carbocycles. The van der Waals surface area contributed by atoms with Crippen molar-refractivity contribution < 1.29 is 4.74 Å². The van der Waals surface area contributed by atoms with Crippen LogP contribution in [-0.4, -0.2) is 49.3 Å². The van der Waals surface area contributed by atoms with Crippen LogP contribution in [0, 0.1) is 5.92 Å². The normalized spacial score (nSPS) is 29.4.